The van der Waals surface area contributed by atoms with Crippen LogP contribution in [-0.2, 0) is 6.42 Å². The van der Waals surface area contributed by atoms with E-state index in [2.05, 4.69) is 36.8 Å². The van der Waals surface area contributed by atoms with E-state index in [9.17, 15) is 0 Å². The van der Waals surface area contributed by atoms with Crippen molar-refractivity contribution in [2.45, 2.75) is 32.6 Å². The van der Waals surface area contributed by atoms with E-state index in [1.165, 1.54) is 12.1 Å². The Balaban J connectivity index is 2.10. The first-order valence-electron chi connectivity index (χ1n) is 6.70. The first-order chi connectivity index (χ1) is 8.50. The van der Waals surface area contributed by atoms with E-state index in [1.807, 2.05) is 6.20 Å². The Hall–Kier alpha value is -1.00. The SMILES string of the molecule is CN1CCC(c2ccnc(CC(C)(C)CN)n2)C1. The monoisotopic (exact) mass is 248 g/mol. The van der Waals surface area contributed by atoms with Gasteiger partial charge in [0.15, 0.2) is 0 Å². The minimum atomic E-state index is 0.0745. The van der Waals surface area contributed by atoms with Crippen molar-refractivity contribution in [2.75, 3.05) is 26.7 Å². The summed E-state index contributed by atoms with van der Waals surface area (Å²) in [6.07, 6.45) is 3.94. The summed E-state index contributed by atoms with van der Waals surface area (Å²) in [6.45, 7) is 7.25. The molecule has 4 nitrogen and oxygen atoms in total. The Morgan fingerprint density at radius 2 is 2.28 bits per heavy atom. The second kappa shape index (κ2) is 5.33. The minimum absolute atomic E-state index is 0.0745. The number of hydrogen-bond donors (Lipinski definition) is 1. The predicted molar refractivity (Wildman–Crippen MR) is 73.4 cm³/mol. The number of hydrogen-bond acceptors (Lipinski definition) is 4. The molecule has 2 N–H and O–H groups in total. The van der Waals surface area contributed by atoms with E-state index >= 15 is 0 Å². The summed E-state index contributed by atoms with van der Waals surface area (Å²) >= 11 is 0. The molecule has 1 unspecified atom stereocenters. The molecular weight excluding hydrogens is 224 g/mol. The zero-order valence-corrected chi connectivity index (χ0v) is 11.7. The summed E-state index contributed by atoms with van der Waals surface area (Å²) in [6, 6.07) is 2.06. The lowest BCUT2D eigenvalue weighted by Gasteiger charge is -2.21. The molecule has 0 spiro atoms. The van der Waals surface area contributed by atoms with Crippen LogP contribution in [0.1, 0.15) is 37.7 Å². The molecule has 0 bridgehead atoms. The van der Waals surface area contributed by atoms with Gasteiger partial charge in [0.25, 0.3) is 0 Å². The zero-order chi connectivity index (χ0) is 13.2. The van der Waals surface area contributed by atoms with Crippen molar-refractivity contribution in [1.29, 1.82) is 0 Å². The molecule has 4 heteroatoms. The molecule has 1 aromatic heterocycles. The molecule has 1 fully saturated rings. The van der Waals surface area contributed by atoms with Gasteiger partial charge in [-0.1, -0.05) is 13.8 Å². The Morgan fingerprint density at radius 1 is 1.50 bits per heavy atom. The molecule has 1 saturated heterocycles. The molecule has 1 aromatic rings. The maximum absolute atomic E-state index is 5.77. The van der Waals surface area contributed by atoms with Gasteiger partial charge in [-0.25, -0.2) is 9.97 Å². The highest BCUT2D eigenvalue weighted by Crippen LogP contribution is 2.25. The van der Waals surface area contributed by atoms with Gasteiger partial charge < -0.3 is 10.6 Å². The van der Waals surface area contributed by atoms with Crippen LogP contribution in [0, 0.1) is 5.41 Å². The van der Waals surface area contributed by atoms with Crippen LogP contribution in [0.3, 0.4) is 0 Å². The second-order valence-corrected chi connectivity index (χ2v) is 6.19. The highest BCUT2D eigenvalue weighted by atomic mass is 15.1. The molecule has 0 saturated carbocycles. The van der Waals surface area contributed by atoms with Crippen molar-refractivity contribution < 1.29 is 0 Å². The summed E-state index contributed by atoms with van der Waals surface area (Å²) in [5.74, 6) is 1.50. The van der Waals surface area contributed by atoms with Gasteiger partial charge in [-0.2, -0.15) is 0 Å². The number of aromatic nitrogens is 2. The van der Waals surface area contributed by atoms with Crippen molar-refractivity contribution in [3.63, 3.8) is 0 Å². The first kappa shape index (κ1) is 13.4. The average Bonchev–Trinajstić information content (AvgIpc) is 2.76. The molecule has 1 aliphatic heterocycles. The Labute approximate surface area is 110 Å². The predicted octanol–water partition coefficient (Wildman–Crippen LogP) is 1.42. The number of nitrogens with zero attached hydrogens (tertiary/aromatic N) is 3. The van der Waals surface area contributed by atoms with Crippen LogP contribution in [-0.4, -0.2) is 41.5 Å². The number of likely N-dealkylation sites (tertiary alicyclic amines) is 1. The molecule has 0 aliphatic carbocycles. The molecule has 18 heavy (non-hydrogen) atoms. The minimum Gasteiger partial charge on any atom is -0.330 e. The van der Waals surface area contributed by atoms with Crippen LogP contribution >= 0.6 is 0 Å². The number of likely N-dealkylation sites (N-methyl/N-ethyl adjacent to an activating group) is 1. The summed E-state index contributed by atoms with van der Waals surface area (Å²) in [5.41, 5.74) is 7.04. The standard InChI is InChI=1S/C14H24N4/c1-14(2,10-15)8-13-16-6-4-12(17-13)11-5-7-18(3)9-11/h4,6,11H,5,7-10,15H2,1-3H3. The van der Waals surface area contributed by atoms with Crippen LogP contribution in [0.4, 0.5) is 0 Å². The van der Waals surface area contributed by atoms with E-state index < -0.39 is 0 Å². The second-order valence-electron chi connectivity index (χ2n) is 6.19. The van der Waals surface area contributed by atoms with Gasteiger partial charge in [0.1, 0.15) is 5.82 Å². The highest BCUT2D eigenvalue weighted by Gasteiger charge is 2.23. The highest BCUT2D eigenvalue weighted by molar-refractivity contribution is 5.11. The molecule has 1 aliphatic rings. The molecule has 100 valence electrons. The van der Waals surface area contributed by atoms with Crippen LogP contribution in [0.15, 0.2) is 12.3 Å². The third kappa shape index (κ3) is 3.27. The third-order valence-electron chi connectivity index (χ3n) is 3.73. The lowest BCUT2D eigenvalue weighted by Crippen LogP contribution is -2.27. The van der Waals surface area contributed by atoms with Crippen molar-refractivity contribution in [3.05, 3.63) is 23.8 Å². The molecule has 2 rings (SSSR count). The van der Waals surface area contributed by atoms with E-state index in [-0.39, 0.29) is 5.41 Å². The molecule has 2 heterocycles. The summed E-state index contributed by atoms with van der Waals surface area (Å²) < 4.78 is 0. The normalized spacial score (nSPS) is 21.4. The lowest BCUT2D eigenvalue weighted by molar-refractivity contribution is 0.366. The van der Waals surface area contributed by atoms with Crippen LogP contribution in [0.2, 0.25) is 0 Å². The van der Waals surface area contributed by atoms with Crippen LogP contribution in [0.25, 0.3) is 0 Å². The zero-order valence-electron chi connectivity index (χ0n) is 11.7. The third-order valence-corrected chi connectivity index (χ3v) is 3.73. The van der Waals surface area contributed by atoms with Crippen molar-refractivity contribution in [3.8, 4) is 0 Å². The Bertz CT molecular complexity index is 403. The van der Waals surface area contributed by atoms with Gasteiger partial charge >= 0.3 is 0 Å². The quantitative estimate of drug-likeness (QED) is 0.875. The maximum Gasteiger partial charge on any atom is 0.129 e. The van der Waals surface area contributed by atoms with Gasteiger partial charge in [0.2, 0.25) is 0 Å². The van der Waals surface area contributed by atoms with E-state index in [1.54, 1.807) is 0 Å². The fraction of sp³-hybridized carbons (Fsp3) is 0.714. The summed E-state index contributed by atoms with van der Waals surface area (Å²) in [4.78, 5) is 11.5. The van der Waals surface area contributed by atoms with Crippen molar-refractivity contribution >= 4 is 0 Å². The Kier molecular flexibility index (Phi) is 3.97. The smallest absolute Gasteiger partial charge is 0.129 e. The van der Waals surface area contributed by atoms with Gasteiger partial charge in [-0.05, 0) is 38.0 Å². The maximum atomic E-state index is 5.77. The van der Waals surface area contributed by atoms with Gasteiger partial charge in [-0.15, -0.1) is 0 Å². The van der Waals surface area contributed by atoms with Gasteiger partial charge in [0, 0.05) is 30.8 Å². The molecule has 0 amide bonds. The molecular formula is C14H24N4. The van der Waals surface area contributed by atoms with Crippen LogP contribution < -0.4 is 5.73 Å². The van der Waals surface area contributed by atoms with Gasteiger partial charge in [-0.3, -0.25) is 0 Å². The fourth-order valence-corrected chi connectivity index (χ4v) is 2.40. The summed E-state index contributed by atoms with van der Waals surface area (Å²) in [7, 11) is 2.17. The number of rotatable bonds is 4. The van der Waals surface area contributed by atoms with Crippen molar-refractivity contribution in [2.24, 2.45) is 11.1 Å². The van der Waals surface area contributed by atoms with Crippen LogP contribution in [0.5, 0.6) is 0 Å². The number of nitrogens with two attached hydrogens (primary N) is 1. The fourth-order valence-electron chi connectivity index (χ4n) is 2.40. The molecule has 0 aromatic carbocycles. The van der Waals surface area contributed by atoms with Gasteiger partial charge in [0.05, 0.1) is 0 Å². The first-order valence-corrected chi connectivity index (χ1v) is 6.70. The Morgan fingerprint density at radius 3 is 2.89 bits per heavy atom. The summed E-state index contributed by atoms with van der Waals surface area (Å²) in [5, 5.41) is 0. The van der Waals surface area contributed by atoms with E-state index in [0.29, 0.717) is 12.5 Å². The lowest BCUT2D eigenvalue weighted by atomic mass is 9.89. The van der Waals surface area contributed by atoms with E-state index in [0.717, 1.165) is 25.3 Å². The van der Waals surface area contributed by atoms with Crippen molar-refractivity contribution in [1.82, 2.24) is 14.9 Å². The molecule has 1 atom stereocenters. The largest absolute Gasteiger partial charge is 0.330 e. The topological polar surface area (TPSA) is 55.0 Å². The van der Waals surface area contributed by atoms with E-state index in [4.69, 9.17) is 10.7 Å². The average molecular weight is 248 g/mol. The molecule has 0 radical (unpaired) electrons.